The zero-order valence-corrected chi connectivity index (χ0v) is 16.8. The van der Waals surface area contributed by atoms with Crippen LogP contribution >= 0.6 is 0 Å². The monoisotopic (exact) mass is 380 g/mol. The van der Waals surface area contributed by atoms with Gasteiger partial charge in [0.1, 0.15) is 5.75 Å². The first-order valence-corrected chi connectivity index (χ1v) is 9.89. The van der Waals surface area contributed by atoms with Crippen LogP contribution in [0.3, 0.4) is 0 Å². The van der Waals surface area contributed by atoms with E-state index in [4.69, 9.17) is 4.74 Å². The van der Waals surface area contributed by atoms with Gasteiger partial charge in [-0.15, -0.1) is 0 Å². The lowest BCUT2D eigenvalue weighted by Gasteiger charge is -2.18. The first kappa shape index (κ1) is 19.9. The lowest BCUT2D eigenvalue weighted by atomic mass is 10.1. The summed E-state index contributed by atoms with van der Waals surface area (Å²) in [7, 11) is 0. The smallest absolute Gasteiger partial charge is 0.227 e. The van der Waals surface area contributed by atoms with Crippen LogP contribution in [-0.4, -0.2) is 24.5 Å². The van der Waals surface area contributed by atoms with Crippen LogP contribution in [0.5, 0.6) is 5.75 Å². The number of benzene rings is 2. The Kier molecular flexibility index (Phi) is 6.34. The van der Waals surface area contributed by atoms with E-state index < -0.39 is 0 Å². The highest BCUT2D eigenvalue weighted by atomic mass is 16.5. The molecule has 1 heterocycles. The summed E-state index contributed by atoms with van der Waals surface area (Å²) in [6, 6.07) is 15.7. The molecule has 1 fully saturated rings. The zero-order chi connectivity index (χ0) is 20.1. The van der Waals surface area contributed by atoms with Gasteiger partial charge in [-0.05, 0) is 44.0 Å². The Labute approximate surface area is 166 Å². The average molecular weight is 380 g/mol. The van der Waals surface area contributed by atoms with Gasteiger partial charge in [-0.25, -0.2) is 0 Å². The number of para-hydroxylation sites is 1. The number of rotatable bonds is 7. The summed E-state index contributed by atoms with van der Waals surface area (Å²) >= 11 is 0. The van der Waals surface area contributed by atoms with Crippen molar-refractivity contribution in [3.05, 3.63) is 59.7 Å². The van der Waals surface area contributed by atoms with E-state index in [1.54, 1.807) is 4.90 Å². The number of carbonyl (C=O) groups is 2. The molecule has 0 bridgehead atoms. The number of anilines is 1. The van der Waals surface area contributed by atoms with Crippen molar-refractivity contribution in [2.45, 2.75) is 46.3 Å². The molecule has 1 atom stereocenters. The van der Waals surface area contributed by atoms with Crippen molar-refractivity contribution >= 4 is 17.5 Å². The van der Waals surface area contributed by atoms with Crippen molar-refractivity contribution < 1.29 is 14.3 Å². The number of ether oxygens (including phenoxy) is 1. The van der Waals surface area contributed by atoms with Crippen molar-refractivity contribution in [2.75, 3.05) is 11.4 Å². The van der Waals surface area contributed by atoms with Gasteiger partial charge in [0.15, 0.2) is 0 Å². The quantitative estimate of drug-likeness (QED) is 0.797. The van der Waals surface area contributed by atoms with Crippen LogP contribution in [0.2, 0.25) is 0 Å². The Morgan fingerprint density at radius 1 is 1.18 bits per heavy atom. The summed E-state index contributed by atoms with van der Waals surface area (Å²) in [5, 5.41) is 2.97. The molecule has 1 aliphatic heterocycles. The number of hydrogen-bond acceptors (Lipinski definition) is 3. The van der Waals surface area contributed by atoms with Gasteiger partial charge in [0.2, 0.25) is 11.8 Å². The van der Waals surface area contributed by atoms with E-state index in [0.29, 0.717) is 13.1 Å². The van der Waals surface area contributed by atoms with Crippen LogP contribution in [0.1, 0.15) is 38.3 Å². The average Bonchev–Trinajstić information content (AvgIpc) is 3.08. The van der Waals surface area contributed by atoms with Gasteiger partial charge in [-0.3, -0.25) is 9.59 Å². The fourth-order valence-electron chi connectivity index (χ4n) is 3.39. The third-order valence-corrected chi connectivity index (χ3v) is 4.94. The molecule has 1 aliphatic rings. The molecule has 0 spiro atoms. The van der Waals surface area contributed by atoms with Gasteiger partial charge in [0.25, 0.3) is 0 Å². The third-order valence-electron chi connectivity index (χ3n) is 4.94. The first-order chi connectivity index (χ1) is 13.5. The number of amides is 2. The predicted octanol–water partition coefficient (Wildman–Crippen LogP) is 3.71. The molecule has 3 rings (SSSR count). The molecule has 0 unspecified atom stereocenters. The largest absolute Gasteiger partial charge is 0.491 e. The van der Waals surface area contributed by atoms with E-state index in [1.165, 1.54) is 5.56 Å². The van der Waals surface area contributed by atoms with E-state index in [-0.39, 0.29) is 30.3 Å². The molecule has 1 saturated heterocycles. The van der Waals surface area contributed by atoms with Crippen molar-refractivity contribution in [3.8, 4) is 5.75 Å². The van der Waals surface area contributed by atoms with Gasteiger partial charge in [0.05, 0.1) is 12.0 Å². The molecule has 2 amide bonds. The van der Waals surface area contributed by atoms with Gasteiger partial charge in [-0.1, -0.05) is 37.3 Å². The molecule has 5 heteroatoms. The van der Waals surface area contributed by atoms with Crippen LogP contribution in [-0.2, 0) is 22.6 Å². The molecule has 5 nitrogen and oxygen atoms in total. The Morgan fingerprint density at radius 2 is 1.89 bits per heavy atom. The molecular weight excluding hydrogens is 352 g/mol. The molecule has 148 valence electrons. The molecule has 0 aliphatic carbocycles. The summed E-state index contributed by atoms with van der Waals surface area (Å²) in [4.78, 5) is 26.8. The summed E-state index contributed by atoms with van der Waals surface area (Å²) < 4.78 is 5.80. The van der Waals surface area contributed by atoms with Crippen LogP contribution in [0.25, 0.3) is 0 Å². The number of hydrogen-bond donors (Lipinski definition) is 1. The Morgan fingerprint density at radius 3 is 2.57 bits per heavy atom. The lowest BCUT2D eigenvalue weighted by molar-refractivity contribution is -0.126. The van der Waals surface area contributed by atoms with E-state index in [0.717, 1.165) is 23.4 Å². The maximum absolute atomic E-state index is 12.6. The third kappa shape index (κ3) is 4.71. The summed E-state index contributed by atoms with van der Waals surface area (Å²) in [5.41, 5.74) is 3.01. The fraction of sp³-hybridized carbons (Fsp3) is 0.391. The maximum Gasteiger partial charge on any atom is 0.227 e. The molecule has 2 aromatic carbocycles. The van der Waals surface area contributed by atoms with Crippen molar-refractivity contribution in [1.82, 2.24) is 5.32 Å². The lowest BCUT2D eigenvalue weighted by Crippen LogP contribution is -2.32. The fourth-order valence-corrected chi connectivity index (χ4v) is 3.39. The summed E-state index contributed by atoms with van der Waals surface area (Å²) in [5.74, 6) is 0.336. The second kappa shape index (κ2) is 8.91. The Bertz CT molecular complexity index is 830. The van der Waals surface area contributed by atoms with Crippen molar-refractivity contribution in [3.63, 3.8) is 0 Å². The van der Waals surface area contributed by atoms with Crippen LogP contribution in [0, 0.1) is 5.92 Å². The molecule has 1 N–H and O–H groups in total. The van der Waals surface area contributed by atoms with Crippen molar-refractivity contribution in [1.29, 1.82) is 0 Å². The second-order valence-electron chi connectivity index (χ2n) is 7.42. The minimum absolute atomic E-state index is 0.00654. The highest BCUT2D eigenvalue weighted by Crippen LogP contribution is 2.26. The molecular formula is C23H28N2O3. The second-order valence-corrected chi connectivity index (χ2v) is 7.42. The Balaban J connectivity index is 1.60. The standard InChI is InChI=1S/C23H28N2O3/c1-4-17-9-11-20(12-10-17)25-15-19(13-22(25)26)23(27)24-14-18-7-5-6-8-21(18)28-16(2)3/h5-12,16,19H,4,13-15H2,1-3H3,(H,24,27)/t19-/m1/s1. The molecule has 28 heavy (non-hydrogen) atoms. The van der Waals surface area contributed by atoms with E-state index >= 15 is 0 Å². The minimum Gasteiger partial charge on any atom is -0.491 e. The van der Waals surface area contributed by atoms with Gasteiger partial charge in [-0.2, -0.15) is 0 Å². The predicted molar refractivity (Wildman–Crippen MR) is 110 cm³/mol. The molecule has 0 radical (unpaired) electrons. The Hall–Kier alpha value is -2.82. The molecule has 0 aromatic heterocycles. The highest BCUT2D eigenvalue weighted by molar-refractivity contribution is 6.00. The van der Waals surface area contributed by atoms with Gasteiger partial charge >= 0.3 is 0 Å². The highest BCUT2D eigenvalue weighted by Gasteiger charge is 2.35. The number of carbonyl (C=O) groups excluding carboxylic acids is 2. The maximum atomic E-state index is 12.6. The normalized spacial score (nSPS) is 16.5. The van der Waals surface area contributed by atoms with Crippen LogP contribution in [0.15, 0.2) is 48.5 Å². The van der Waals surface area contributed by atoms with E-state index in [2.05, 4.69) is 12.2 Å². The SMILES string of the molecule is CCc1ccc(N2C[C@H](C(=O)NCc3ccccc3OC(C)C)CC2=O)cc1. The number of nitrogens with zero attached hydrogens (tertiary/aromatic N) is 1. The minimum atomic E-state index is -0.337. The molecule has 2 aromatic rings. The molecule has 0 saturated carbocycles. The number of nitrogens with one attached hydrogen (secondary N) is 1. The van der Waals surface area contributed by atoms with Gasteiger partial charge in [0, 0.05) is 30.8 Å². The van der Waals surface area contributed by atoms with Crippen molar-refractivity contribution in [2.24, 2.45) is 5.92 Å². The van der Waals surface area contributed by atoms with Crippen LogP contribution < -0.4 is 15.0 Å². The van der Waals surface area contributed by atoms with Crippen LogP contribution in [0.4, 0.5) is 5.69 Å². The zero-order valence-electron chi connectivity index (χ0n) is 16.8. The number of aryl methyl sites for hydroxylation is 1. The van der Waals surface area contributed by atoms with Gasteiger partial charge < -0.3 is 15.0 Å². The summed E-state index contributed by atoms with van der Waals surface area (Å²) in [6.07, 6.45) is 1.27. The first-order valence-electron chi connectivity index (χ1n) is 9.89. The topological polar surface area (TPSA) is 58.6 Å². The van der Waals surface area contributed by atoms with E-state index in [1.807, 2.05) is 62.4 Å². The summed E-state index contributed by atoms with van der Waals surface area (Å²) in [6.45, 7) is 6.85. The van der Waals surface area contributed by atoms with E-state index in [9.17, 15) is 9.59 Å².